The van der Waals surface area contributed by atoms with E-state index in [9.17, 15) is 4.79 Å². The predicted octanol–water partition coefficient (Wildman–Crippen LogP) is 2.73. The Balaban J connectivity index is 0.00000225. The maximum absolute atomic E-state index is 12.3. The van der Waals surface area contributed by atoms with Gasteiger partial charge in [-0.3, -0.25) is 9.69 Å². The van der Waals surface area contributed by atoms with Crippen LogP contribution in [-0.4, -0.2) is 34.9 Å². The van der Waals surface area contributed by atoms with Crippen molar-refractivity contribution < 1.29 is 4.79 Å². The van der Waals surface area contributed by atoms with Gasteiger partial charge < -0.3 is 11.1 Å². The molecule has 3 rings (SSSR count). The highest BCUT2D eigenvalue weighted by atomic mass is 35.5. The predicted molar refractivity (Wildman–Crippen MR) is 103 cm³/mol. The quantitative estimate of drug-likeness (QED) is 0.860. The molecule has 0 saturated carbocycles. The number of hydrogen-bond donors (Lipinski definition) is 2. The van der Waals surface area contributed by atoms with Gasteiger partial charge in [0, 0.05) is 19.1 Å². The second-order valence-electron chi connectivity index (χ2n) is 6.48. The fraction of sp³-hybridized carbons (Fsp3) is 0.368. The molecule has 1 aliphatic rings. The van der Waals surface area contributed by atoms with Crippen LogP contribution in [-0.2, 0) is 6.54 Å². The van der Waals surface area contributed by atoms with Crippen molar-refractivity contribution in [2.75, 3.05) is 18.8 Å². The zero-order valence-corrected chi connectivity index (χ0v) is 15.2. The molecule has 2 aromatic rings. The highest BCUT2D eigenvalue weighted by Crippen LogP contribution is 2.21. The third-order valence-corrected chi connectivity index (χ3v) is 4.63. The molecular weight excluding hydrogens is 336 g/mol. The average Bonchev–Trinajstić information content (AvgIpc) is 3.04. The number of aromatic nitrogens is 1. The second kappa shape index (κ2) is 8.83. The Kier molecular flexibility index (Phi) is 6.79. The van der Waals surface area contributed by atoms with E-state index in [2.05, 4.69) is 46.4 Å². The first kappa shape index (κ1) is 19.2. The van der Waals surface area contributed by atoms with Gasteiger partial charge in [0.1, 0.15) is 11.5 Å². The molecule has 1 saturated heterocycles. The van der Waals surface area contributed by atoms with Crippen LogP contribution in [0.1, 0.15) is 29.4 Å². The Bertz CT molecular complexity index is 695. The number of halogens is 1. The Morgan fingerprint density at radius 1 is 1.28 bits per heavy atom. The fourth-order valence-electron chi connectivity index (χ4n) is 3.23. The molecule has 25 heavy (non-hydrogen) atoms. The number of pyridine rings is 1. The number of benzene rings is 1. The van der Waals surface area contributed by atoms with Gasteiger partial charge in [-0.15, -0.1) is 12.4 Å². The number of hydrogen-bond acceptors (Lipinski definition) is 4. The van der Waals surface area contributed by atoms with Crippen LogP contribution >= 0.6 is 12.4 Å². The summed E-state index contributed by atoms with van der Waals surface area (Å²) in [6.45, 7) is 5.10. The number of nitrogens with zero attached hydrogens (tertiary/aromatic N) is 2. The number of amides is 1. The van der Waals surface area contributed by atoms with E-state index >= 15 is 0 Å². The lowest BCUT2D eigenvalue weighted by Crippen LogP contribution is -2.39. The summed E-state index contributed by atoms with van der Waals surface area (Å²) in [6, 6.07) is 15.7. The molecule has 0 bridgehead atoms. The third kappa shape index (κ3) is 5.18. The number of likely N-dealkylation sites (tertiary alicyclic amines) is 1. The van der Waals surface area contributed by atoms with Crippen molar-refractivity contribution in [3.8, 4) is 0 Å². The van der Waals surface area contributed by atoms with Gasteiger partial charge in [-0.05, 0) is 43.5 Å². The molecule has 0 radical (unpaired) electrons. The van der Waals surface area contributed by atoms with E-state index in [1.807, 2.05) is 6.07 Å². The first-order valence-electron chi connectivity index (χ1n) is 8.41. The van der Waals surface area contributed by atoms with Crippen LogP contribution in [0.15, 0.2) is 48.5 Å². The minimum absolute atomic E-state index is 0. The van der Waals surface area contributed by atoms with Gasteiger partial charge in [0.2, 0.25) is 0 Å². The largest absolute Gasteiger partial charge is 0.384 e. The van der Waals surface area contributed by atoms with E-state index in [1.165, 1.54) is 5.56 Å². The van der Waals surface area contributed by atoms with E-state index in [0.717, 1.165) is 26.1 Å². The van der Waals surface area contributed by atoms with E-state index in [1.54, 1.807) is 18.2 Å². The Morgan fingerprint density at radius 3 is 2.76 bits per heavy atom. The van der Waals surface area contributed by atoms with Crippen LogP contribution in [0.25, 0.3) is 0 Å². The molecule has 0 spiro atoms. The SMILES string of the molecule is CC(NC(=O)c1cccc(N)n1)C1CCN(Cc2ccccc2)C1.Cl. The van der Waals surface area contributed by atoms with E-state index < -0.39 is 0 Å². The van der Waals surface area contributed by atoms with Crippen LogP contribution in [0.5, 0.6) is 0 Å². The Hall–Kier alpha value is -2.11. The van der Waals surface area contributed by atoms with Crippen LogP contribution in [0.3, 0.4) is 0 Å². The van der Waals surface area contributed by atoms with Gasteiger partial charge in [-0.1, -0.05) is 36.4 Å². The number of nitrogens with two attached hydrogens (primary N) is 1. The number of anilines is 1. The summed E-state index contributed by atoms with van der Waals surface area (Å²) in [4.78, 5) is 18.8. The molecule has 6 heteroatoms. The van der Waals surface area contributed by atoms with Crippen molar-refractivity contribution in [2.45, 2.75) is 25.9 Å². The Labute approximate surface area is 155 Å². The van der Waals surface area contributed by atoms with Crippen molar-refractivity contribution in [1.82, 2.24) is 15.2 Å². The summed E-state index contributed by atoms with van der Waals surface area (Å²) in [7, 11) is 0. The van der Waals surface area contributed by atoms with Crippen molar-refractivity contribution >= 4 is 24.1 Å². The molecule has 1 amide bonds. The lowest BCUT2D eigenvalue weighted by Gasteiger charge is -2.21. The molecule has 2 heterocycles. The summed E-state index contributed by atoms with van der Waals surface area (Å²) in [5, 5.41) is 3.07. The molecular formula is C19H25ClN4O. The monoisotopic (exact) mass is 360 g/mol. The number of carbonyl (C=O) groups is 1. The highest BCUT2D eigenvalue weighted by molar-refractivity contribution is 5.92. The van der Waals surface area contributed by atoms with Gasteiger partial charge in [0.15, 0.2) is 0 Å². The average molecular weight is 361 g/mol. The van der Waals surface area contributed by atoms with E-state index in [4.69, 9.17) is 5.73 Å². The highest BCUT2D eigenvalue weighted by Gasteiger charge is 2.28. The molecule has 134 valence electrons. The smallest absolute Gasteiger partial charge is 0.270 e. The minimum atomic E-state index is -0.156. The van der Waals surface area contributed by atoms with Gasteiger partial charge in [-0.25, -0.2) is 4.98 Å². The Morgan fingerprint density at radius 2 is 2.04 bits per heavy atom. The standard InChI is InChI=1S/C19H24N4O.ClH/c1-14(21-19(24)17-8-5-9-18(20)22-17)16-10-11-23(13-16)12-15-6-3-2-4-7-15;/h2-9,14,16H,10-13H2,1H3,(H2,20,22)(H,21,24);1H. The van der Waals surface area contributed by atoms with E-state index in [0.29, 0.717) is 17.4 Å². The van der Waals surface area contributed by atoms with Crippen LogP contribution in [0, 0.1) is 5.92 Å². The van der Waals surface area contributed by atoms with Crippen molar-refractivity contribution in [3.05, 3.63) is 59.8 Å². The zero-order valence-electron chi connectivity index (χ0n) is 14.4. The lowest BCUT2D eigenvalue weighted by atomic mass is 10.0. The van der Waals surface area contributed by atoms with Crippen molar-refractivity contribution in [1.29, 1.82) is 0 Å². The van der Waals surface area contributed by atoms with Crippen molar-refractivity contribution in [3.63, 3.8) is 0 Å². The number of nitrogen functional groups attached to an aromatic ring is 1. The molecule has 1 aromatic heterocycles. The summed E-state index contributed by atoms with van der Waals surface area (Å²) in [6.07, 6.45) is 1.10. The molecule has 1 aromatic carbocycles. The zero-order chi connectivity index (χ0) is 16.9. The number of nitrogens with one attached hydrogen (secondary N) is 1. The first-order chi connectivity index (χ1) is 11.6. The molecule has 5 nitrogen and oxygen atoms in total. The third-order valence-electron chi connectivity index (χ3n) is 4.63. The molecule has 2 atom stereocenters. The summed E-state index contributed by atoms with van der Waals surface area (Å²) in [5.74, 6) is 0.667. The minimum Gasteiger partial charge on any atom is -0.384 e. The number of carbonyl (C=O) groups excluding carboxylic acids is 1. The molecule has 0 aliphatic carbocycles. The molecule has 3 N–H and O–H groups in total. The maximum Gasteiger partial charge on any atom is 0.270 e. The van der Waals surface area contributed by atoms with Crippen LogP contribution in [0.4, 0.5) is 5.82 Å². The normalized spacial score (nSPS) is 18.4. The maximum atomic E-state index is 12.3. The molecule has 2 unspecified atom stereocenters. The van der Waals surface area contributed by atoms with E-state index in [-0.39, 0.29) is 24.4 Å². The number of rotatable bonds is 5. The summed E-state index contributed by atoms with van der Waals surface area (Å²) < 4.78 is 0. The lowest BCUT2D eigenvalue weighted by molar-refractivity contribution is 0.0922. The molecule has 1 aliphatic heterocycles. The van der Waals surface area contributed by atoms with Gasteiger partial charge in [0.25, 0.3) is 5.91 Å². The van der Waals surface area contributed by atoms with Crippen LogP contribution < -0.4 is 11.1 Å². The fourth-order valence-corrected chi connectivity index (χ4v) is 3.23. The van der Waals surface area contributed by atoms with Crippen molar-refractivity contribution in [2.24, 2.45) is 5.92 Å². The summed E-state index contributed by atoms with van der Waals surface area (Å²) >= 11 is 0. The van der Waals surface area contributed by atoms with Gasteiger partial charge in [-0.2, -0.15) is 0 Å². The molecule has 1 fully saturated rings. The van der Waals surface area contributed by atoms with Crippen LogP contribution in [0.2, 0.25) is 0 Å². The first-order valence-corrected chi connectivity index (χ1v) is 8.41. The topological polar surface area (TPSA) is 71.2 Å². The second-order valence-corrected chi connectivity index (χ2v) is 6.48. The van der Waals surface area contributed by atoms with Gasteiger partial charge in [0.05, 0.1) is 0 Å². The summed E-state index contributed by atoms with van der Waals surface area (Å²) in [5.41, 5.74) is 7.35. The van der Waals surface area contributed by atoms with Gasteiger partial charge >= 0.3 is 0 Å².